The minimum atomic E-state index is -3.46. The Kier molecular flexibility index (Phi) is 6.50. The number of nitrogens with zero attached hydrogens (tertiary/aromatic N) is 1. The van der Waals surface area contributed by atoms with Crippen molar-refractivity contribution in [2.75, 3.05) is 31.6 Å². The first kappa shape index (κ1) is 19.5. The van der Waals surface area contributed by atoms with E-state index in [9.17, 15) is 8.42 Å². The molecule has 0 atom stereocenters. The maximum atomic E-state index is 12.6. The van der Waals surface area contributed by atoms with Crippen molar-refractivity contribution < 1.29 is 13.2 Å². The van der Waals surface area contributed by atoms with Crippen LogP contribution in [-0.2, 0) is 14.8 Å². The highest BCUT2D eigenvalue weighted by molar-refractivity contribution is 7.89. The van der Waals surface area contributed by atoms with Gasteiger partial charge < -0.3 is 15.4 Å². The van der Waals surface area contributed by atoms with Crippen LogP contribution in [0.15, 0.2) is 29.2 Å². The van der Waals surface area contributed by atoms with Gasteiger partial charge in [0.05, 0.1) is 18.1 Å². The number of rotatable bonds is 4. The van der Waals surface area contributed by atoms with Gasteiger partial charge in [-0.25, -0.2) is 8.42 Å². The van der Waals surface area contributed by atoms with Crippen LogP contribution < -0.4 is 10.6 Å². The van der Waals surface area contributed by atoms with E-state index < -0.39 is 10.0 Å². The number of morpholine rings is 1. The minimum absolute atomic E-state index is 0.296. The molecule has 2 fully saturated rings. The van der Waals surface area contributed by atoms with Gasteiger partial charge in [-0.2, -0.15) is 4.31 Å². The first-order valence-corrected chi connectivity index (χ1v) is 11.1. The molecule has 1 saturated heterocycles. The van der Waals surface area contributed by atoms with Gasteiger partial charge in [0.15, 0.2) is 5.11 Å². The van der Waals surface area contributed by atoms with Crippen molar-refractivity contribution in [1.29, 1.82) is 0 Å². The van der Waals surface area contributed by atoms with E-state index >= 15 is 0 Å². The summed E-state index contributed by atoms with van der Waals surface area (Å²) in [6.45, 7) is 3.98. The summed E-state index contributed by atoms with van der Waals surface area (Å²) in [5, 5.41) is 7.11. The number of ether oxygens (including phenoxy) is 1. The smallest absolute Gasteiger partial charge is 0.243 e. The van der Waals surface area contributed by atoms with Gasteiger partial charge >= 0.3 is 0 Å². The Morgan fingerprint density at radius 1 is 1.12 bits per heavy atom. The molecule has 3 rings (SSSR count). The molecule has 1 aliphatic carbocycles. The summed E-state index contributed by atoms with van der Waals surface area (Å²) in [5.41, 5.74) is 0.785. The molecule has 2 aliphatic rings. The summed E-state index contributed by atoms with van der Waals surface area (Å²) in [7, 11) is -3.46. The molecule has 2 N–H and O–H groups in total. The molecule has 0 radical (unpaired) electrons. The van der Waals surface area contributed by atoms with Gasteiger partial charge in [-0.1, -0.05) is 6.92 Å². The molecule has 1 aromatic rings. The van der Waals surface area contributed by atoms with Crippen molar-refractivity contribution in [3.63, 3.8) is 0 Å². The van der Waals surface area contributed by atoms with Crippen LogP contribution >= 0.6 is 12.2 Å². The zero-order chi connectivity index (χ0) is 18.6. The van der Waals surface area contributed by atoms with Gasteiger partial charge in [0.1, 0.15) is 0 Å². The first-order valence-electron chi connectivity index (χ1n) is 9.20. The van der Waals surface area contributed by atoms with E-state index in [0.29, 0.717) is 42.4 Å². The molecule has 0 spiro atoms. The Balaban J connectivity index is 1.56. The third-order valence-electron chi connectivity index (χ3n) is 5.07. The molecule has 0 unspecified atom stereocenters. The van der Waals surface area contributed by atoms with Crippen molar-refractivity contribution in [3.8, 4) is 0 Å². The standard InChI is InChI=1S/C18H27N3O3S2/c1-14-2-4-15(5-3-14)19-18(25)20-16-6-8-17(9-7-16)26(22,23)21-10-12-24-13-11-21/h6-9,14-15H,2-5,10-13H2,1H3,(H2,19,20,25). The molecule has 26 heavy (non-hydrogen) atoms. The Labute approximate surface area is 161 Å². The number of benzene rings is 1. The van der Waals surface area contributed by atoms with E-state index in [0.717, 1.165) is 24.4 Å². The van der Waals surface area contributed by atoms with E-state index in [4.69, 9.17) is 17.0 Å². The number of hydrogen-bond acceptors (Lipinski definition) is 4. The predicted octanol–water partition coefficient (Wildman–Crippen LogP) is 2.57. The highest BCUT2D eigenvalue weighted by Gasteiger charge is 2.26. The molecule has 6 nitrogen and oxygen atoms in total. The molecule has 0 aromatic heterocycles. The number of hydrogen-bond donors (Lipinski definition) is 2. The summed E-state index contributed by atoms with van der Waals surface area (Å²) in [6, 6.07) is 7.18. The average molecular weight is 398 g/mol. The van der Waals surface area contributed by atoms with Crippen LogP contribution in [0.3, 0.4) is 0 Å². The molecular weight excluding hydrogens is 370 g/mol. The lowest BCUT2D eigenvalue weighted by Gasteiger charge is -2.28. The number of nitrogens with one attached hydrogen (secondary N) is 2. The summed E-state index contributed by atoms with van der Waals surface area (Å²) in [4.78, 5) is 0.296. The molecular formula is C18H27N3O3S2. The topological polar surface area (TPSA) is 70.7 Å². The molecule has 0 bridgehead atoms. The molecule has 1 aromatic carbocycles. The normalized spacial score (nSPS) is 24.8. The quantitative estimate of drug-likeness (QED) is 0.761. The molecule has 0 amide bonds. The van der Waals surface area contributed by atoms with Crippen molar-refractivity contribution in [1.82, 2.24) is 9.62 Å². The van der Waals surface area contributed by atoms with Crippen molar-refractivity contribution in [2.24, 2.45) is 5.92 Å². The van der Waals surface area contributed by atoms with E-state index in [1.165, 1.54) is 17.1 Å². The van der Waals surface area contributed by atoms with Gasteiger partial charge in [0.25, 0.3) is 0 Å². The van der Waals surface area contributed by atoms with Gasteiger partial charge in [-0.05, 0) is 68.1 Å². The maximum absolute atomic E-state index is 12.6. The van der Waals surface area contributed by atoms with Crippen LogP contribution in [0.2, 0.25) is 0 Å². The van der Waals surface area contributed by atoms with Crippen LogP contribution in [0.25, 0.3) is 0 Å². The zero-order valence-corrected chi connectivity index (χ0v) is 16.7. The van der Waals surface area contributed by atoms with E-state index in [1.807, 2.05) is 0 Å². The summed E-state index contributed by atoms with van der Waals surface area (Å²) < 4.78 is 31.9. The summed E-state index contributed by atoms with van der Waals surface area (Å²) in [6.07, 6.45) is 4.74. The van der Waals surface area contributed by atoms with Crippen molar-refractivity contribution >= 4 is 33.0 Å². The second kappa shape index (κ2) is 8.65. The predicted molar refractivity (Wildman–Crippen MR) is 107 cm³/mol. The Morgan fingerprint density at radius 3 is 2.35 bits per heavy atom. The Bertz CT molecular complexity index is 708. The third-order valence-corrected chi connectivity index (χ3v) is 7.20. The lowest BCUT2D eigenvalue weighted by Crippen LogP contribution is -2.40. The highest BCUT2D eigenvalue weighted by atomic mass is 32.2. The van der Waals surface area contributed by atoms with E-state index in [-0.39, 0.29) is 0 Å². The fourth-order valence-corrected chi connectivity index (χ4v) is 5.10. The zero-order valence-electron chi connectivity index (χ0n) is 15.1. The third kappa shape index (κ3) is 4.94. The number of thiocarbonyl (C=S) groups is 1. The minimum Gasteiger partial charge on any atom is -0.379 e. The Hall–Kier alpha value is -1.22. The lowest BCUT2D eigenvalue weighted by molar-refractivity contribution is 0.0730. The van der Waals surface area contributed by atoms with Gasteiger partial charge in [0, 0.05) is 24.8 Å². The molecule has 1 heterocycles. The van der Waals surface area contributed by atoms with Crippen molar-refractivity contribution in [3.05, 3.63) is 24.3 Å². The van der Waals surface area contributed by atoms with Gasteiger partial charge in [-0.15, -0.1) is 0 Å². The van der Waals surface area contributed by atoms with Gasteiger partial charge in [0.2, 0.25) is 10.0 Å². The SMILES string of the molecule is CC1CCC(NC(=S)Nc2ccc(S(=O)(=O)N3CCOCC3)cc2)CC1. The fraction of sp³-hybridized carbons (Fsp3) is 0.611. The Morgan fingerprint density at radius 2 is 1.73 bits per heavy atom. The monoisotopic (exact) mass is 397 g/mol. The van der Waals surface area contributed by atoms with Crippen LogP contribution in [-0.4, -0.2) is 50.2 Å². The van der Waals surface area contributed by atoms with Crippen LogP contribution in [0.4, 0.5) is 5.69 Å². The van der Waals surface area contributed by atoms with E-state index in [1.54, 1.807) is 24.3 Å². The average Bonchev–Trinajstić information content (AvgIpc) is 2.65. The highest BCUT2D eigenvalue weighted by Crippen LogP contribution is 2.24. The number of anilines is 1. The fourth-order valence-electron chi connectivity index (χ4n) is 3.40. The largest absolute Gasteiger partial charge is 0.379 e. The van der Waals surface area contributed by atoms with Crippen molar-refractivity contribution in [2.45, 2.75) is 43.5 Å². The van der Waals surface area contributed by atoms with Gasteiger partial charge in [-0.3, -0.25) is 0 Å². The molecule has 1 aliphatic heterocycles. The van der Waals surface area contributed by atoms with E-state index in [2.05, 4.69) is 17.6 Å². The number of sulfonamides is 1. The summed E-state index contributed by atoms with van der Waals surface area (Å²) >= 11 is 5.39. The van der Waals surface area contributed by atoms with Crippen LogP contribution in [0, 0.1) is 5.92 Å². The summed E-state index contributed by atoms with van der Waals surface area (Å²) in [5.74, 6) is 0.801. The second-order valence-electron chi connectivity index (χ2n) is 7.10. The molecule has 8 heteroatoms. The van der Waals surface area contributed by atoms with Crippen LogP contribution in [0.1, 0.15) is 32.6 Å². The van der Waals surface area contributed by atoms with Crippen LogP contribution in [0.5, 0.6) is 0 Å². The maximum Gasteiger partial charge on any atom is 0.243 e. The second-order valence-corrected chi connectivity index (χ2v) is 9.44. The first-order chi connectivity index (χ1) is 12.4. The molecule has 1 saturated carbocycles. The molecule has 144 valence electrons. The lowest BCUT2D eigenvalue weighted by atomic mass is 9.87.